The first-order chi connectivity index (χ1) is 15.1. The molecule has 0 unspecified atom stereocenters. The first kappa shape index (κ1) is 20.4. The lowest BCUT2D eigenvalue weighted by Gasteiger charge is -2.11. The number of nitrogens with one attached hydrogen (secondary N) is 2. The summed E-state index contributed by atoms with van der Waals surface area (Å²) in [5, 5.41) is 20.0. The maximum atomic E-state index is 13.0. The van der Waals surface area contributed by atoms with Crippen molar-refractivity contribution in [1.29, 1.82) is 0 Å². The highest BCUT2D eigenvalue weighted by molar-refractivity contribution is 6.29. The van der Waals surface area contributed by atoms with E-state index in [9.17, 15) is 9.90 Å². The average molecular weight is 437 g/mol. The van der Waals surface area contributed by atoms with E-state index in [4.69, 9.17) is 11.6 Å². The van der Waals surface area contributed by atoms with Crippen molar-refractivity contribution >= 4 is 34.7 Å². The number of nitrogens with zero attached hydrogens (tertiary/aromatic N) is 6. The second-order valence-electron chi connectivity index (χ2n) is 6.31. The second-order valence-corrected chi connectivity index (χ2v) is 6.70. The van der Waals surface area contributed by atoms with Gasteiger partial charge in [-0.3, -0.25) is 4.79 Å². The third-order valence-corrected chi connectivity index (χ3v) is 4.38. The van der Waals surface area contributed by atoms with Gasteiger partial charge in [0.2, 0.25) is 0 Å². The molecule has 156 valence electrons. The standard InChI is InChI=1S/C20H17ClN8O2/c21-17-5-1-3-14(26-17)16-9-18(29(28-16)7-8-30)27-20(31)19-15(4-2-6-24-19)25-13-10-22-12-23-11-13/h1-6,9-12,25,30H,7-8H2,(H,27,31). The van der Waals surface area contributed by atoms with Crippen LogP contribution in [0.5, 0.6) is 0 Å². The maximum absolute atomic E-state index is 13.0. The number of aliphatic hydroxyl groups is 1. The number of anilines is 3. The minimum absolute atomic E-state index is 0.155. The van der Waals surface area contributed by atoms with Crippen LogP contribution in [0.4, 0.5) is 17.2 Å². The van der Waals surface area contributed by atoms with Gasteiger partial charge in [-0.15, -0.1) is 0 Å². The first-order valence-corrected chi connectivity index (χ1v) is 9.62. The van der Waals surface area contributed by atoms with Crippen molar-refractivity contribution in [3.63, 3.8) is 0 Å². The second kappa shape index (κ2) is 9.28. The van der Waals surface area contributed by atoms with Gasteiger partial charge in [-0.1, -0.05) is 17.7 Å². The van der Waals surface area contributed by atoms with Crippen LogP contribution in [0.1, 0.15) is 10.5 Å². The highest BCUT2D eigenvalue weighted by Gasteiger charge is 2.18. The Morgan fingerprint density at radius 1 is 1.13 bits per heavy atom. The molecule has 0 spiro atoms. The molecule has 1 amide bonds. The lowest BCUT2D eigenvalue weighted by molar-refractivity contribution is 0.102. The van der Waals surface area contributed by atoms with E-state index in [-0.39, 0.29) is 18.8 Å². The van der Waals surface area contributed by atoms with Crippen molar-refractivity contribution in [3.8, 4) is 11.4 Å². The predicted octanol–water partition coefficient (Wildman–Crippen LogP) is 2.77. The van der Waals surface area contributed by atoms with Gasteiger partial charge in [0.15, 0.2) is 5.69 Å². The lowest BCUT2D eigenvalue weighted by atomic mass is 10.2. The number of hydrogen-bond acceptors (Lipinski definition) is 8. The van der Waals surface area contributed by atoms with Crippen molar-refractivity contribution in [2.24, 2.45) is 0 Å². The molecular weight excluding hydrogens is 420 g/mol. The van der Waals surface area contributed by atoms with Crippen LogP contribution in [0.25, 0.3) is 11.4 Å². The molecule has 4 aromatic heterocycles. The molecule has 4 rings (SSSR count). The number of carbonyl (C=O) groups excluding carboxylic acids is 1. The SMILES string of the molecule is O=C(Nc1cc(-c2cccc(Cl)n2)nn1CCO)c1ncccc1Nc1cncnc1. The van der Waals surface area contributed by atoms with Crippen LogP contribution < -0.4 is 10.6 Å². The number of aromatic nitrogens is 6. The first-order valence-electron chi connectivity index (χ1n) is 9.24. The molecule has 4 aromatic rings. The Hall–Kier alpha value is -3.89. The minimum Gasteiger partial charge on any atom is -0.394 e. The van der Waals surface area contributed by atoms with Gasteiger partial charge in [-0.05, 0) is 24.3 Å². The molecule has 0 aliphatic rings. The highest BCUT2D eigenvalue weighted by atomic mass is 35.5. The Morgan fingerprint density at radius 3 is 2.74 bits per heavy atom. The van der Waals surface area contributed by atoms with E-state index in [0.717, 1.165) is 0 Å². The summed E-state index contributed by atoms with van der Waals surface area (Å²) in [5.74, 6) is -0.0693. The van der Waals surface area contributed by atoms with E-state index < -0.39 is 5.91 Å². The predicted molar refractivity (Wildman–Crippen MR) is 115 cm³/mol. The zero-order valence-corrected chi connectivity index (χ0v) is 16.9. The fraction of sp³-hybridized carbons (Fsp3) is 0.100. The molecule has 10 nitrogen and oxygen atoms in total. The smallest absolute Gasteiger partial charge is 0.277 e. The number of aliphatic hydroxyl groups excluding tert-OH is 1. The molecule has 0 aliphatic heterocycles. The summed E-state index contributed by atoms with van der Waals surface area (Å²) < 4.78 is 1.48. The van der Waals surface area contributed by atoms with Crippen LogP contribution >= 0.6 is 11.6 Å². The Kier molecular flexibility index (Phi) is 6.11. The Labute approximate surface area is 182 Å². The maximum Gasteiger partial charge on any atom is 0.277 e. The number of pyridine rings is 2. The number of halogens is 1. The topological polar surface area (TPSA) is 131 Å². The number of amides is 1. The van der Waals surface area contributed by atoms with Crippen molar-refractivity contribution in [2.45, 2.75) is 6.54 Å². The quantitative estimate of drug-likeness (QED) is 0.377. The summed E-state index contributed by atoms with van der Waals surface area (Å²) in [6.45, 7) is 0.0300. The molecule has 0 radical (unpaired) electrons. The van der Waals surface area contributed by atoms with Crippen LogP contribution in [0.3, 0.4) is 0 Å². The summed E-state index contributed by atoms with van der Waals surface area (Å²) in [7, 11) is 0. The average Bonchev–Trinajstić information content (AvgIpc) is 3.17. The molecule has 0 saturated heterocycles. The van der Waals surface area contributed by atoms with E-state index in [1.54, 1.807) is 48.8 Å². The van der Waals surface area contributed by atoms with E-state index >= 15 is 0 Å². The Balaban J connectivity index is 1.61. The van der Waals surface area contributed by atoms with Crippen molar-refractivity contribution < 1.29 is 9.90 Å². The van der Waals surface area contributed by atoms with Gasteiger partial charge in [0.05, 0.1) is 42.6 Å². The van der Waals surface area contributed by atoms with Crippen LogP contribution in [0.15, 0.2) is 61.3 Å². The molecule has 0 atom stereocenters. The molecule has 3 N–H and O–H groups in total. The zero-order chi connectivity index (χ0) is 21.6. The Bertz CT molecular complexity index is 1200. The van der Waals surface area contributed by atoms with Crippen molar-refractivity contribution in [2.75, 3.05) is 17.2 Å². The van der Waals surface area contributed by atoms with E-state index in [1.165, 1.54) is 17.2 Å². The number of hydrogen-bond donors (Lipinski definition) is 3. The third-order valence-electron chi connectivity index (χ3n) is 4.17. The van der Waals surface area contributed by atoms with Gasteiger partial charge in [-0.25, -0.2) is 24.6 Å². The fourth-order valence-corrected chi connectivity index (χ4v) is 3.00. The summed E-state index contributed by atoms with van der Waals surface area (Å²) in [4.78, 5) is 29.3. The fourth-order valence-electron chi connectivity index (χ4n) is 2.84. The van der Waals surface area contributed by atoms with Gasteiger partial charge in [0.25, 0.3) is 5.91 Å². The lowest BCUT2D eigenvalue weighted by Crippen LogP contribution is -2.19. The van der Waals surface area contributed by atoms with Crippen LogP contribution in [-0.2, 0) is 6.54 Å². The van der Waals surface area contributed by atoms with Crippen LogP contribution in [0, 0.1) is 0 Å². The van der Waals surface area contributed by atoms with Gasteiger partial charge in [-0.2, -0.15) is 5.10 Å². The largest absolute Gasteiger partial charge is 0.394 e. The van der Waals surface area contributed by atoms with Crippen molar-refractivity contribution in [1.82, 2.24) is 29.7 Å². The van der Waals surface area contributed by atoms with E-state index in [2.05, 4.69) is 35.7 Å². The third kappa shape index (κ3) is 4.82. The molecule has 0 fully saturated rings. The molecule has 4 heterocycles. The summed E-state index contributed by atoms with van der Waals surface area (Å²) in [5.41, 5.74) is 2.32. The van der Waals surface area contributed by atoms with E-state index in [0.29, 0.717) is 33.7 Å². The molecule has 31 heavy (non-hydrogen) atoms. The summed E-state index contributed by atoms with van der Waals surface area (Å²) >= 11 is 5.97. The molecule has 0 saturated carbocycles. The minimum atomic E-state index is -0.454. The number of rotatable bonds is 7. The molecule has 0 aromatic carbocycles. The molecular formula is C20H17ClN8O2. The van der Waals surface area contributed by atoms with Gasteiger partial charge in [0, 0.05) is 12.3 Å². The summed E-state index contributed by atoms with van der Waals surface area (Å²) in [6, 6.07) is 10.3. The summed E-state index contributed by atoms with van der Waals surface area (Å²) in [6.07, 6.45) is 6.11. The highest BCUT2D eigenvalue weighted by Crippen LogP contribution is 2.24. The normalized spacial score (nSPS) is 10.6. The Morgan fingerprint density at radius 2 is 1.97 bits per heavy atom. The van der Waals surface area contributed by atoms with Gasteiger partial charge in [0.1, 0.15) is 23.0 Å². The van der Waals surface area contributed by atoms with Gasteiger partial charge >= 0.3 is 0 Å². The monoisotopic (exact) mass is 436 g/mol. The van der Waals surface area contributed by atoms with Crippen LogP contribution in [-0.4, -0.2) is 47.3 Å². The number of carbonyl (C=O) groups is 1. The molecule has 11 heteroatoms. The molecule has 0 bridgehead atoms. The van der Waals surface area contributed by atoms with E-state index in [1.807, 2.05) is 0 Å². The molecule has 0 aliphatic carbocycles. The van der Waals surface area contributed by atoms with Crippen LogP contribution in [0.2, 0.25) is 5.15 Å². The van der Waals surface area contributed by atoms with Gasteiger partial charge < -0.3 is 15.7 Å². The zero-order valence-electron chi connectivity index (χ0n) is 16.1. The van der Waals surface area contributed by atoms with Crippen molar-refractivity contribution in [3.05, 3.63) is 72.2 Å².